The summed E-state index contributed by atoms with van der Waals surface area (Å²) in [5.74, 6) is 0.129. The van der Waals surface area contributed by atoms with Crippen LogP contribution < -0.4 is 5.56 Å². The number of benzene rings is 1. The summed E-state index contributed by atoms with van der Waals surface area (Å²) in [7, 11) is 0. The van der Waals surface area contributed by atoms with Crippen molar-refractivity contribution in [3.63, 3.8) is 0 Å². The molecule has 0 aliphatic rings. The number of hydrogen-bond donors (Lipinski definition) is 0. The third-order valence-corrected chi connectivity index (χ3v) is 5.03. The van der Waals surface area contributed by atoms with Crippen LogP contribution in [0.1, 0.15) is 19.4 Å². The van der Waals surface area contributed by atoms with Crippen LogP contribution in [0, 0.1) is 5.82 Å². The molecule has 0 atom stereocenters. The molecule has 5 nitrogen and oxygen atoms in total. The lowest BCUT2D eigenvalue weighted by Gasteiger charge is -2.10. The van der Waals surface area contributed by atoms with E-state index in [1.807, 2.05) is 13.8 Å². The maximum absolute atomic E-state index is 13.1. The van der Waals surface area contributed by atoms with Gasteiger partial charge in [0.2, 0.25) is 0 Å². The van der Waals surface area contributed by atoms with Crippen LogP contribution in [0.5, 0.6) is 0 Å². The van der Waals surface area contributed by atoms with E-state index >= 15 is 0 Å². The summed E-state index contributed by atoms with van der Waals surface area (Å²) in [5, 5.41) is 5.24. The molecule has 0 N–H and O–H groups in total. The zero-order valence-electron chi connectivity index (χ0n) is 13.3. The minimum absolute atomic E-state index is 0.151. The smallest absolute Gasteiger partial charge is 0.282 e. The van der Waals surface area contributed by atoms with E-state index in [9.17, 15) is 9.18 Å². The number of halogens is 2. The molecule has 0 unspecified atom stereocenters. The highest BCUT2D eigenvalue weighted by atomic mass is 35.5. The second-order valence-corrected chi connectivity index (χ2v) is 6.54. The average Bonchev–Trinajstić information content (AvgIpc) is 2.98. The molecule has 0 amide bonds. The van der Waals surface area contributed by atoms with Crippen molar-refractivity contribution in [3.8, 4) is 0 Å². The first kappa shape index (κ1) is 17.0. The van der Waals surface area contributed by atoms with Crippen LogP contribution in [0.4, 0.5) is 4.39 Å². The lowest BCUT2D eigenvalue weighted by molar-refractivity contribution is 0.627. The van der Waals surface area contributed by atoms with Crippen molar-refractivity contribution in [1.29, 1.82) is 0 Å². The molecule has 2 heterocycles. The van der Waals surface area contributed by atoms with E-state index in [-0.39, 0.29) is 11.4 Å². The second-order valence-electron chi connectivity index (χ2n) is 5.19. The number of fused-ring (bicyclic) bond motifs is 1. The van der Waals surface area contributed by atoms with Crippen LogP contribution in [0.25, 0.3) is 11.0 Å². The minimum Gasteiger partial charge on any atom is -0.286 e. The Morgan fingerprint density at radius 2 is 2.08 bits per heavy atom. The van der Waals surface area contributed by atoms with Gasteiger partial charge < -0.3 is 0 Å². The molecule has 0 saturated carbocycles. The zero-order chi connectivity index (χ0) is 17.3. The van der Waals surface area contributed by atoms with E-state index in [0.29, 0.717) is 40.1 Å². The molecule has 0 aliphatic heterocycles. The van der Waals surface area contributed by atoms with Gasteiger partial charge in [-0.25, -0.2) is 9.37 Å². The summed E-state index contributed by atoms with van der Waals surface area (Å²) in [5.41, 5.74) is 1.61. The van der Waals surface area contributed by atoms with Crippen molar-refractivity contribution >= 4 is 34.4 Å². The molecule has 0 spiro atoms. The Morgan fingerprint density at radius 1 is 1.29 bits per heavy atom. The van der Waals surface area contributed by atoms with E-state index in [1.54, 1.807) is 21.5 Å². The zero-order valence-corrected chi connectivity index (χ0v) is 14.9. The predicted octanol–water partition coefficient (Wildman–Crippen LogP) is 3.72. The molecule has 0 radical (unpaired) electrons. The molecular weight excluding hydrogens is 351 g/mol. The molecule has 3 aromatic rings. The molecule has 8 heteroatoms. The highest BCUT2D eigenvalue weighted by Crippen LogP contribution is 2.26. The van der Waals surface area contributed by atoms with Crippen LogP contribution in [-0.2, 0) is 18.8 Å². The number of aryl methyl sites for hydroxylation is 1. The average molecular weight is 367 g/mol. The van der Waals surface area contributed by atoms with Gasteiger partial charge in [-0.3, -0.25) is 14.0 Å². The number of nitrogens with zero attached hydrogens (tertiary/aromatic N) is 4. The van der Waals surface area contributed by atoms with Crippen molar-refractivity contribution in [2.45, 2.75) is 37.8 Å². The summed E-state index contributed by atoms with van der Waals surface area (Å²) in [4.78, 5) is 17.2. The third-order valence-electron chi connectivity index (χ3n) is 3.65. The minimum atomic E-state index is -0.370. The second kappa shape index (κ2) is 6.94. The number of aromatic nitrogens is 4. The molecule has 0 saturated heterocycles. The summed E-state index contributed by atoms with van der Waals surface area (Å²) >= 11 is 7.46. The fourth-order valence-corrected chi connectivity index (χ4v) is 3.74. The van der Waals surface area contributed by atoms with Crippen LogP contribution in [0.3, 0.4) is 0 Å². The van der Waals surface area contributed by atoms with Gasteiger partial charge in [0.05, 0.1) is 6.20 Å². The molecule has 126 valence electrons. The molecular formula is C16H16ClFN4OS. The van der Waals surface area contributed by atoms with Gasteiger partial charge in [-0.2, -0.15) is 5.10 Å². The van der Waals surface area contributed by atoms with Gasteiger partial charge in [-0.1, -0.05) is 29.4 Å². The molecule has 0 fully saturated rings. The third kappa shape index (κ3) is 3.18. The predicted molar refractivity (Wildman–Crippen MR) is 94.1 cm³/mol. The Kier molecular flexibility index (Phi) is 4.91. The van der Waals surface area contributed by atoms with E-state index in [2.05, 4.69) is 10.1 Å². The van der Waals surface area contributed by atoms with Crippen LogP contribution >= 0.6 is 23.4 Å². The maximum atomic E-state index is 13.1. The van der Waals surface area contributed by atoms with E-state index in [4.69, 9.17) is 11.6 Å². The quantitative estimate of drug-likeness (QED) is 0.510. The fourth-order valence-electron chi connectivity index (χ4n) is 2.36. The topological polar surface area (TPSA) is 52.7 Å². The summed E-state index contributed by atoms with van der Waals surface area (Å²) in [6.45, 7) is 5.02. The van der Waals surface area contributed by atoms with Gasteiger partial charge in [0.25, 0.3) is 5.56 Å². The Labute approximate surface area is 147 Å². The largest absolute Gasteiger partial charge is 0.286 e. The first-order valence-electron chi connectivity index (χ1n) is 7.58. The summed E-state index contributed by atoms with van der Waals surface area (Å²) in [6.07, 6.45) is 1.77. The van der Waals surface area contributed by atoms with Gasteiger partial charge in [0.15, 0.2) is 10.7 Å². The molecule has 3 rings (SSSR count). The number of thioether (sulfide) groups is 1. The Balaban J connectivity index is 1.97. The molecule has 24 heavy (non-hydrogen) atoms. The van der Waals surface area contributed by atoms with Crippen molar-refractivity contribution in [3.05, 3.63) is 51.2 Å². The first-order valence-corrected chi connectivity index (χ1v) is 8.94. The normalized spacial score (nSPS) is 11.3. The Bertz CT molecular complexity index is 953. The van der Waals surface area contributed by atoms with Crippen molar-refractivity contribution in [1.82, 2.24) is 19.3 Å². The van der Waals surface area contributed by atoms with Gasteiger partial charge in [0, 0.05) is 23.9 Å². The van der Waals surface area contributed by atoms with Gasteiger partial charge in [0.1, 0.15) is 11.3 Å². The monoisotopic (exact) mass is 366 g/mol. The van der Waals surface area contributed by atoms with E-state index < -0.39 is 0 Å². The van der Waals surface area contributed by atoms with Crippen molar-refractivity contribution in [2.75, 3.05) is 0 Å². The van der Waals surface area contributed by atoms with Crippen LogP contribution in [0.15, 0.2) is 34.3 Å². The lowest BCUT2D eigenvalue weighted by atomic mass is 10.2. The summed E-state index contributed by atoms with van der Waals surface area (Å²) in [6, 6.07) is 4.30. The molecule has 0 aliphatic carbocycles. The van der Waals surface area contributed by atoms with Gasteiger partial charge in [-0.05, 0) is 31.5 Å². The van der Waals surface area contributed by atoms with E-state index in [1.165, 1.54) is 23.9 Å². The maximum Gasteiger partial charge on any atom is 0.282 e. The van der Waals surface area contributed by atoms with E-state index in [0.717, 1.165) is 5.56 Å². The van der Waals surface area contributed by atoms with Crippen LogP contribution in [-0.4, -0.2) is 19.3 Å². The molecule has 1 aromatic carbocycles. The number of rotatable bonds is 5. The Morgan fingerprint density at radius 3 is 2.75 bits per heavy atom. The number of hydrogen-bond acceptors (Lipinski definition) is 4. The standard InChI is InChI=1S/C16H16ClFN4OS/c1-3-21-8-13-14(20-21)15(23)22(4-2)16(19-13)24-9-10-5-6-11(18)7-12(10)17/h5-8H,3-4,9H2,1-2H3. The SMILES string of the molecule is CCn1cc2nc(SCc3ccc(F)cc3Cl)n(CC)c(=O)c2n1. The first-order chi connectivity index (χ1) is 11.5. The van der Waals surface area contributed by atoms with Crippen LogP contribution in [0.2, 0.25) is 5.02 Å². The molecule has 2 aromatic heterocycles. The van der Waals surface area contributed by atoms with Gasteiger partial charge >= 0.3 is 0 Å². The fraction of sp³-hybridized carbons (Fsp3) is 0.312. The molecule has 0 bridgehead atoms. The highest BCUT2D eigenvalue weighted by Gasteiger charge is 2.14. The highest BCUT2D eigenvalue weighted by molar-refractivity contribution is 7.98. The Hall–Kier alpha value is -1.86. The van der Waals surface area contributed by atoms with Crippen molar-refractivity contribution in [2.24, 2.45) is 0 Å². The van der Waals surface area contributed by atoms with Crippen molar-refractivity contribution < 1.29 is 4.39 Å². The lowest BCUT2D eigenvalue weighted by Crippen LogP contribution is -2.22. The summed E-state index contributed by atoms with van der Waals surface area (Å²) < 4.78 is 16.4. The van der Waals surface area contributed by atoms with Gasteiger partial charge in [-0.15, -0.1) is 0 Å².